The zero-order valence-corrected chi connectivity index (χ0v) is 13.6. The molecule has 118 valence electrons. The van der Waals surface area contributed by atoms with Gasteiger partial charge in [-0.15, -0.1) is 5.10 Å². The summed E-state index contributed by atoms with van der Waals surface area (Å²) in [6.07, 6.45) is 4.07. The largest absolute Gasteiger partial charge is 0.362 e. The number of carbonyl (C=O) groups excluding carboxylic acids is 1. The van der Waals surface area contributed by atoms with E-state index >= 15 is 0 Å². The Morgan fingerprint density at radius 1 is 1.30 bits per heavy atom. The summed E-state index contributed by atoms with van der Waals surface area (Å²) >= 11 is 1.47. The standard InChI is InChI=1S/C17H18N4OS/c22-16(10-20-8-7-11-3-1-2-4-14(11)20)21-12-5-6-15(21)17-13(9-12)18-19-23-17/h1-4,12,15H,5-10H2/t12-,15+/m0/s1. The van der Waals surface area contributed by atoms with Crippen LogP contribution in [0.3, 0.4) is 0 Å². The van der Waals surface area contributed by atoms with E-state index < -0.39 is 0 Å². The summed E-state index contributed by atoms with van der Waals surface area (Å²) in [5.74, 6) is 0.258. The Kier molecular flexibility index (Phi) is 2.95. The monoisotopic (exact) mass is 326 g/mol. The van der Waals surface area contributed by atoms with E-state index in [1.807, 2.05) is 0 Å². The first kappa shape index (κ1) is 13.5. The summed E-state index contributed by atoms with van der Waals surface area (Å²) < 4.78 is 4.09. The van der Waals surface area contributed by atoms with Crippen LogP contribution in [-0.4, -0.2) is 39.5 Å². The van der Waals surface area contributed by atoms with Crippen molar-refractivity contribution in [3.63, 3.8) is 0 Å². The van der Waals surface area contributed by atoms with Crippen LogP contribution in [0.5, 0.6) is 0 Å². The third kappa shape index (κ3) is 2.01. The number of hydrogen-bond donors (Lipinski definition) is 0. The summed E-state index contributed by atoms with van der Waals surface area (Å²) in [5, 5.41) is 4.24. The minimum atomic E-state index is 0.217. The zero-order valence-electron chi connectivity index (χ0n) is 12.8. The Bertz CT molecular complexity index is 773. The van der Waals surface area contributed by atoms with Crippen LogP contribution in [0.1, 0.15) is 35.0 Å². The highest BCUT2D eigenvalue weighted by atomic mass is 32.1. The molecule has 0 unspecified atom stereocenters. The normalized spacial score (nSPS) is 24.7. The van der Waals surface area contributed by atoms with Crippen LogP contribution < -0.4 is 4.90 Å². The molecule has 4 heterocycles. The SMILES string of the molecule is O=C(CN1CCc2ccccc21)N1[C@H]2CC[C@@H]1c1snnc1C2. The highest BCUT2D eigenvalue weighted by molar-refractivity contribution is 7.05. The number of rotatable bonds is 2. The van der Waals surface area contributed by atoms with E-state index in [4.69, 9.17) is 0 Å². The molecule has 6 heteroatoms. The molecule has 3 aliphatic rings. The van der Waals surface area contributed by atoms with Gasteiger partial charge in [0.05, 0.1) is 23.2 Å². The number of para-hydroxylation sites is 1. The first-order chi connectivity index (χ1) is 11.3. The number of benzene rings is 1. The van der Waals surface area contributed by atoms with Crippen molar-refractivity contribution in [2.45, 2.75) is 37.8 Å². The third-order valence-electron chi connectivity index (χ3n) is 5.42. The van der Waals surface area contributed by atoms with Crippen molar-refractivity contribution in [2.24, 2.45) is 0 Å². The number of hydrogen-bond acceptors (Lipinski definition) is 5. The zero-order chi connectivity index (χ0) is 15.4. The maximum atomic E-state index is 13.0. The van der Waals surface area contributed by atoms with Gasteiger partial charge in [-0.2, -0.15) is 0 Å². The molecule has 1 amide bonds. The van der Waals surface area contributed by atoms with Gasteiger partial charge in [0.15, 0.2) is 0 Å². The van der Waals surface area contributed by atoms with Crippen molar-refractivity contribution in [2.75, 3.05) is 18.0 Å². The lowest BCUT2D eigenvalue weighted by atomic mass is 10.1. The van der Waals surface area contributed by atoms with Gasteiger partial charge in [0.2, 0.25) is 5.91 Å². The molecule has 0 aliphatic carbocycles. The summed E-state index contributed by atoms with van der Waals surface area (Å²) in [7, 11) is 0. The van der Waals surface area contributed by atoms with Gasteiger partial charge < -0.3 is 9.80 Å². The number of amides is 1. The molecule has 2 atom stereocenters. The van der Waals surface area contributed by atoms with E-state index in [0.29, 0.717) is 12.6 Å². The quantitative estimate of drug-likeness (QED) is 0.849. The fourth-order valence-electron chi connectivity index (χ4n) is 4.37. The molecule has 2 bridgehead atoms. The Balaban J connectivity index is 1.39. The van der Waals surface area contributed by atoms with Crippen LogP contribution in [0, 0.1) is 0 Å². The summed E-state index contributed by atoms with van der Waals surface area (Å²) in [5.41, 5.74) is 3.71. The van der Waals surface area contributed by atoms with Crippen LogP contribution in [0.15, 0.2) is 24.3 Å². The van der Waals surface area contributed by atoms with Crippen molar-refractivity contribution in [1.82, 2.24) is 14.5 Å². The van der Waals surface area contributed by atoms with E-state index in [0.717, 1.165) is 37.9 Å². The molecule has 5 rings (SSSR count). The molecule has 5 nitrogen and oxygen atoms in total. The van der Waals surface area contributed by atoms with Crippen molar-refractivity contribution in [3.8, 4) is 0 Å². The lowest BCUT2D eigenvalue weighted by Gasteiger charge is -2.35. The molecule has 1 aromatic carbocycles. The number of nitrogens with zero attached hydrogens (tertiary/aromatic N) is 4. The van der Waals surface area contributed by atoms with Gasteiger partial charge in [0, 0.05) is 24.7 Å². The molecule has 23 heavy (non-hydrogen) atoms. The van der Waals surface area contributed by atoms with Gasteiger partial charge >= 0.3 is 0 Å². The van der Waals surface area contributed by atoms with E-state index in [1.54, 1.807) is 0 Å². The summed E-state index contributed by atoms with van der Waals surface area (Å²) in [4.78, 5) is 18.6. The molecule has 2 aromatic rings. The van der Waals surface area contributed by atoms with Gasteiger partial charge in [-0.25, -0.2) is 0 Å². The second-order valence-corrected chi connectivity index (χ2v) is 7.42. The Morgan fingerprint density at radius 3 is 3.17 bits per heavy atom. The van der Waals surface area contributed by atoms with Crippen molar-refractivity contribution < 1.29 is 4.79 Å². The molecule has 1 aromatic heterocycles. The first-order valence-corrected chi connectivity index (χ1v) is 9.04. The van der Waals surface area contributed by atoms with E-state index in [9.17, 15) is 4.79 Å². The minimum Gasteiger partial charge on any atom is -0.362 e. The van der Waals surface area contributed by atoms with Crippen LogP contribution in [0.2, 0.25) is 0 Å². The van der Waals surface area contributed by atoms with E-state index in [1.165, 1.54) is 27.7 Å². The molecule has 0 radical (unpaired) electrons. The van der Waals surface area contributed by atoms with E-state index in [-0.39, 0.29) is 11.9 Å². The maximum absolute atomic E-state index is 13.0. The molecule has 1 fully saturated rings. The van der Waals surface area contributed by atoms with Crippen molar-refractivity contribution >= 4 is 23.1 Å². The summed E-state index contributed by atoms with van der Waals surface area (Å²) in [6, 6.07) is 8.97. The van der Waals surface area contributed by atoms with Gasteiger partial charge in [-0.05, 0) is 42.4 Å². The lowest BCUT2D eigenvalue weighted by molar-refractivity contribution is -0.133. The average molecular weight is 326 g/mol. The molecule has 0 N–H and O–H groups in total. The number of anilines is 1. The van der Waals surface area contributed by atoms with Gasteiger partial charge in [-0.3, -0.25) is 4.79 Å². The Morgan fingerprint density at radius 2 is 2.22 bits per heavy atom. The maximum Gasteiger partial charge on any atom is 0.242 e. The summed E-state index contributed by atoms with van der Waals surface area (Å²) in [6.45, 7) is 1.44. The van der Waals surface area contributed by atoms with Crippen molar-refractivity contribution in [1.29, 1.82) is 0 Å². The van der Waals surface area contributed by atoms with Crippen LogP contribution in [0.25, 0.3) is 0 Å². The van der Waals surface area contributed by atoms with Crippen LogP contribution in [0.4, 0.5) is 5.69 Å². The number of aromatic nitrogens is 2. The van der Waals surface area contributed by atoms with Gasteiger partial charge in [-0.1, -0.05) is 22.7 Å². The van der Waals surface area contributed by atoms with Crippen molar-refractivity contribution in [3.05, 3.63) is 40.4 Å². The van der Waals surface area contributed by atoms with Crippen LogP contribution in [-0.2, 0) is 17.6 Å². The van der Waals surface area contributed by atoms with Crippen LogP contribution >= 0.6 is 11.5 Å². The molecular formula is C17H18N4OS. The number of carbonyl (C=O) groups is 1. The topological polar surface area (TPSA) is 49.3 Å². The first-order valence-electron chi connectivity index (χ1n) is 8.26. The van der Waals surface area contributed by atoms with Gasteiger partial charge in [0.1, 0.15) is 0 Å². The predicted molar refractivity (Wildman–Crippen MR) is 88.6 cm³/mol. The van der Waals surface area contributed by atoms with Gasteiger partial charge in [0.25, 0.3) is 0 Å². The van der Waals surface area contributed by atoms with E-state index in [2.05, 4.69) is 43.7 Å². The fourth-order valence-corrected chi connectivity index (χ4v) is 5.18. The lowest BCUT2D eigenvalue weighted by Crippen LogP contribution is -2.46. The predicted octanol–water partition coefficient (Wildman–Crippen LogP) is 2.19. The fraction of sp³-hybridized carbons (Fsp3) is 0.471. The molecule has 3 aliphatic heterocycles. The Labute approximate surface area is 139 Å². The molecule has 1 saturated heterocycles. The molecular weight excluding hydrogens is 308 g/mol. The average Bonchev–Trinajstić information content (AvgIpc) is 3.26. The second-order valence-electron chi connectivity index (χ2n) is 6.64. The highest BCUT2D eigenvalue weighted by Gasteiger charge is 2.44. The second kappa shape index (κ2) is 5.03. The molecule has 0 saturated carbocycles. The highest BCUT2D eigenvalue weighted by Crippen LogP contribution is 2.44. The minimum absolute atomic E-state index is 0.217. The molecule has 0 spiro atoms. The smallest absolute Gasteiger partial charge is 0.242 e. The Hall–Kier alpha value is -1.95. The number of fused-ring (bicyclic) bond motifs is 5. The third-order valence-corrected chi connectivity index (χ3v) is 6.28.